The second-order valence-corrected chi connectivity index (χ2v) is 4.12. The van der Waals surface area contributed by atoms with Crippen LogP contribution in [0.5, 0.6) is 0 Å². The molecule has 0 aromatic heterocycles. The maximum absolute atomic E-state index is 2.47. The van der Waals surface area contributed by atoms with Crippen LogP contribution >= 0.6 is 0 Å². The SMILES string of the molecule is CC12CCC=C[C@@H]1CCC2. The first-order valence-corrected chi connectivity index (χ1v) is 4.48. The van der Waals surface area contributed by atoms with Crippen molar-refractivity contribution < 1.29 is 0 Å². The smallest absolute Gasteiger partial charge is 0.0179 e. The molecule has 0 nitrogen and oxygen atoms in total. The summed E-state index contributed by atoms with van der Waals surface area (Å²) < 4.78 is 0. The lowest BCUT2D eigenvalue weighted by Gasteiger charge is -2.32. The molecule has 0 aliphatic heterocycles. The van der Waals surface area contributed by atoms with E-state index < -0.39 is 0 Å². The molecule has 2 aliphatic carbocycles. The molecular formula is C10H16. The van der Waals surface area contributed by atoms with Crippen molar-refractivity contribution in [1.29, 1.82) is 0 Å². The summed E-state index contributed by atoms with van der Waals surface area (Å²) in [4.78, 5) is 0. The fourth-order valence-electron chi connectivity index (χ4n) is 2.57. The first-order valence-electron chi connectivity index (χ1n) is 4.48. The highest BCUT2D eigenvalue weighted by Gasteiger charge is 2.37. The van der Waals surface area contributed by atoms with Crippen LogP contribution in [-0.4, -0.2) is 0 Å². The van der Waals surface area contributed by atoms with Gasteiger partial charge in [-0.1, -0.05) is 25.5 Å². The van der Waals surface area contributed by atoms with Gasteiger partial charge in [-0.3, -0.25) is 0 Å². The second-order valence-electron chi connectivity index (χ2n) is 4.12. The van der Waals surface area contributed by atoms with E-state index in [1.807, 2.05) is 0 Å². The van der Waals surface area contributed by atoms with Gasteiger partial charge < -0.3 is 0 Å². The monoisotopic (exact) mass is 136 g/mol. The van der Waals surface area contributed by atoms with Crippen molar-refractivity contribution in [2.24, 2.45) is 11.3 Å². The number of allylic oxidation sites excluding steroid dienone is 2. The third-order valence-electron chi connectivity index (χ3n) is 3.41. The first-order chi connectivity index (χ1) is 4.81. The maximum Gasteiger partial charge on any atom is -0.0179 e. The Hall–Kier alpha value is -0.260. The van der Waals surface area contributed by atoms with Crippen LogP contribution in [0.4, 0.5) is 0 Å². The highest BCUT2D eigenvalue weighted by molar-refractivity contribution is 5.05. The Bertz CT molecular complexity index is 157. The van der Waals surface area contributed by atoms with Gasteiger partial charge in [-0.2, -0.15) is 0 Å². The third-order valence-corrected chi connectivity index (χ3v) is 3.41. The van der Waals surface area contributed by atoms with Crippen molar-refractivity contribution >= 4 is 0 Å². The molecule has 56 valence electrons. The number of hydrogen-bond donors (Lipinski definition) is 0. The molecule has 1 unspecified atom stereocenters. The summed E-state index contributed by atoms with van der Waals surface area (Å²) in [5.74, 6) is 0.932. The van der Waals surface area contributed by atoms with Crippen LogP contribution in [0.1, 0.15) is 39.0 Å². The molecule has 1 saturated carbocycles. The largest absolute Gasteiger partial charge is 0.0882 e. The van der Waals surface area contributed by atoms with Gasteiger partial charge in [0, 0.05) is 0 Å². The van der Waals surface area contributed by atoms with Crippen LogP contribution in [-0.2, 0) is 0 Å². The van der Waals surface area contributed by atoms with Crippen molar-refractivity contribution in [2.45, 2.75) is 39.0 Å². The van der Waals surface area contributed by atoms with Gasteiger partial charge in [0.05, 0.1) is 0 Å². The average Bonchev–Trinajstić information content (AvgIpc) is 2.29. The minimum absolute atomic E-state index is 0.703. The highest BCUT2D eigenvalue weighted by atomic mass is 14.4. The number of rotatable bonds is 0. The van der Waals surface area contributed by atoms with Crippen molar-refractivity contribution in [3.63, 3.8) is 0 Å². The van der Waals surface area contributed by atoms with Crippen LogP contribution in [0.25, 0.3) is 0 Å². The van der Waals surface area contributed by atoms with E-state index in [0.29, 0.717) is 5.41 Å². The molecular weight excluding hydrogens is 120 g/mol. The normalized spacial score (nSPS) is 45.5. The minimum atomic E-state index is 0.703. The average molecular weight is 136 g/mol. The molecule has 0 amide bonds. The van der Waals surface area contributed by atoms with E-state index in [1.165, 1.54) is 32.1 Å². The molecule has 2 aliphatic rings. The molecule has 0 heterocycles. The molecule has 2 rings (SSSR count). The van der Waals surface area contributed by atoms with Gasteiger partial charge in [-0.05, 0) is 37.0 Å². The molecule has 0 aromatic carbocycles. The van der Waals surface area contributed by atoms with Gasteiger partial charge >= 0.3 is 0 Å². The van der Waals surface area contributed by atoms with Crippen LogP contribution in [0.3, 0.4) is 0 Å². The Balaban J connectivity index is 2.22. The van der Waals surface area contributed by atoms with E-state index in [1.54, 1.807) is 0 Å². The summed E-state index contributed by atoms with van der Waals surface area (Å²) in [7, 11) is 0. The van der Waals surface area contributed by atoms with E-state index >= 15 is 0 Å². The third kappa shape index (κ3) is 0.817. The van der Waals surface area contributed by atoms with Gasteiger partial charge in [0.15, 0.2) is 0 Å². The summed E-state index contributed by atoms with van der Waals surface area (Å²) in [6.45, 7) is 2.47. The van der Waals surface area contributed by atoms with Crippen molar-refractivity contribution in [3.8, 4) is 0 Å². The summed E-state index contributed by atoms with van der Waals surface area (Å²) in [5.41, 5.74) is 0.703. The van der Waals surface area contributed by atoms with Crippen LogP contribution in [0.2, 0.25) is 0 Å². The molecule has 0 bridgehead atoms. The van der Waals surface area contributed by atoms with Crippen molar-refractivity contribution in [3.05, 3.63) is 12.2 Å². The second kappa shape index (κ2) is 2.11. The fraction of sp³-hybridized carbons (Fsp3) is 0.800. The van der Waals surface area contributed by atoms with Crippen LogP contribution in [0, 0.1) is 11.3 Å². The lowest BCUT2D eigenvalue weighted by molar-refractivity contribution is 0.239. The van der Waals surface area contributed by atoms with E-state index in [-0.39, 0.29) is 0 Å². The molecule has 10 heavy (non-hydrogen) atoms. The molecule has 0 radical (unpaired) electrons. The summed E-state index contributed by atoms with van der Waals surface area (Å²) in [6, 6.07) is 0. The summed E-state index contributed by atoms with van der Waals surface area (Å²) >= 11 is 0. The van der Waals surface area contributed by atoms with Gasteiger partial charge in [0.2, 0.25) is 0 Å². The summed E-state index contributed by atoms with van der Waals surface area (Å²) in [5, 5.41) is 0. The minimum Gasteiger partial charge on any atom is -0.0882 e. The first kappa shape index (κ1) is 6.45. The topological polar surface area (TPSA) is 0 Å². The van der Waals surface area contributed by atoms with Gasteiger partial charge in [0.1, 0.15) is 0 Å². The lowest BCUT2D eigenvalue weighted by Crippen LogP contribution is -2.22. The maximum atomic E-state index is 2.47. The zero-order valence-corrected chi connectivity index (χ0v) is 6.77. The molecule has 0 heteroatoms. The number of fused-ring (bicyclic) bond motifs is 1. The summed E-state index contributed by atoms with van der Waals surface area (Å²) in [6.07, 6.45) is 12.0. The Morgan fingerprint density at radius 1 is 1.40 bits per heavy atom. The lowest BCUT2D eigenvalue weighted by atomic mass is 9.73. The Kier molecular flexibility index (Phi) is 1.36. The quantitative estimate of drug-likeness (QED) is 0.449. The van der Waals surface area contributed by atoms with Crippen LogP contribution in [0.15, 0.2) is 12.2 Å². The van der Waals surface area contributed by atoms with Crippen molar-refractivity contribution in [2.75, 3.05) is 0 Å². The number of hydrogen-bond acceptors (Lipinski definition) is 0. The molecule has 0 N–H and O–H groups in total. The predicted molar refractivity (Wildman–Crippen MR) is 43.8 cm³/mol. The van der Waals surface area contributed by atoms with Crippen molar-refractivity contribution in [1.82, 2.24) is 0 Å². The molecule has 2 atom stereocenters. The molecule has 0 spiro atoms. The van der Waals surface area contributed by atoms with E-state index in [2.05, 4.69) is 19.1 Å². The zero-order chi connectivity index (χ0) is 7.03. The predicted octanol–water partition coefficient (Wildman–Crippen LogP) is 3.14. The van der Waals surface area contributed by atoms with Crippen LogP contribution < -0.4 is 0 Å². The van der Waals surface area contributed by atoms with E-state index in [0.717, 1.165) is 5.92 Å². The van der Waals surface area contributed by atoms with Gasteiger partial charge in [0.25, 0.3) is 0 Å². The molecule has 0 aromatic rings. The van der Waals surface area contributed by atoms with Gasteiger partial charge in [-0.15, -0.1) is 0 Å². The van der Waals surface area contributed by atoms with Gasteiger partial charge in [-0.25, -0.2) is 0 Å². The molecule has 0 saturated heterocycles. The zero-order valence-electron chi connectivity index (χ0n) is 6.77. The van der Waals surface area contributed by atoms with E-state index in [9.17, 15) is 0 Å². The molecule has 1 fully saturated rings. The Morgan fingerprint density at radius 3 is 3.10 bits per heavy atom. The Labute approximate surface area is 63.3 Å². The van der Waals surface area contributed by atoms with E-state index in [4.69, 9.17) is 0 Å². The fourth-order valence-corrected chi connectivity index (χ4v) is 2.57. The Morgan fingerprint density at radius 2 is 2.30 bits per heavy atom. The highest BCUT2D eigenvalue weighted by Crippen LogP contribution is 2.49. The standard InChI is InChI=1S/C10H16/c1-10-7-3-2-5-9(10)6-4-8-10/h2,5,9H,3-4,6-8H2,1H3/t9-,10?/m1/s1.